The van der Waals surface area contributed by atoms with E-state index in [9.17, 15) is 9.59 Å². The lowest BCUT2D eigenvalue weighted by atomic mass is 9.87. The minimum Gasteiger partial charge on any atom is -0.497 e. The number of fused-ring (bicyclic) bond motifs is 1. The Bertz CT molecular complexity index is 874. The largest absolute Gasteiger partial charge is 0.497 e. The van der Waals surface area contributed by atoms with Crippen LogP contribution < -0.4 is 10.1 Å². The van der Waals surface area contributed by atoms with Crippen molar-refractivity contribution in [1.82, 2.24) is 5.32 Å². The Balaban J connectivity index is 1.55. The van der Waals surface area contributed by atoms with E-state index >= 15 is 0 Å². The summed E-state index contributed by atoms with van der Waals surface area (Å²) in [6.45, 7) is 1.58. The lowest BCUT2D eigenvalue weighted by Gasteiger charge is -2.27. The minimum atomic E-state index is -0.864. The Morgan fingerprint density at radius 2 is 2.00 bits per heavy atom. The fourth-order valence-corrected chi connectivity index (χ4v) is 3.37. The second-order valence-corrected chi connectivity index (χ2v) is 6.84. The van der Waals surface area contributed by atoms with Gasteiger partial charge < -0.3 is 14.8 Å². The van der Waals surface area contributed by atoms with Crippen molar-refractivity contribution in [3.8, 4) is 5.75 Å². The van der Waals surface area contributed by atoms with Gasteiger partial charge in [0.05, 0.1) is 13.2 Å². The van der Waals surface area contributed by atoms with Crippen LogP contribution in [0.1, 0.15) is 42.5 Å². The van der Waals surface area contributed by atoms with Crippen molar-refractivity contribution in [2.75, 3.05) is 7.11 Å². The molecule has 0 saturated heterocycles. The molecule has 5 heteroatoms. The number of hydrogen-bond donors (Lipinski definition) is 1. The van der Waals surface area contributed by atoms with E-state index < -0.39 is 12.1 Å². The summed E-state index contributed by atoms with van der Waals surface area (Å²) in [5.74, 6) is -0.143. The lowest BCUT2D eigenvalue weighted by Crippen LogP contribution is -2.39. The van der Waals surface area contributed by atoms with Crippen LogP contribution in [-0.2, 0) is 20.7 Å². The van der Waals surface area contributed by atoms with E-state index in [1.54, 1.807) is 26.2 Å². The molecule has 1 aliphatic rings. The van der Waals surface area contributed by atoms with Crippen molar-refractivity contribution >= 4 is 18.0 Å². The fourth-order valence-electron chi connectivity index (χ4n) is 3.37. The molecule has 5 nitrogen and oxygen atoms in total. The molecule has 3 rings (SSSR count). The second kappa shape index (κ2) is 9.22. The number of carbonyl (C=O) groups is 2. The molecule has 0 aliphatic heterocycles. The monoisotopic (exact) mass is 379 g/mol. The summed E-state index contributed by atoms with van der Waals surface area (Å²) in [6.07, 6.45) is 5.03. The van der Waals surface area contributed by atoms with Gasteiger partial charge in [-0.05, 0) is 61.1 Å². The molecule has 0 bridgehead atoms. The number of ether oxygens (including phenoxy) is 2. The highest BCUT2D eigenvalue weighted by atomic mass is 16.5. The van der Waals surface area contributed by atoms with Gasteiger partial charge in [0.25, 0.3) is 5.91 Å². The zero-order valence-electron chi connectivity index (χ0n) is 16.2. The van der Waals surface area contributed by atoms with Crippen molar-refractivity contribution in [2.45, 2.75) is 38.3 Å². The van der Waals surface area contributed by atoms with Crippen LogP contribution in [0.2, 0.25) is 0 Å². The number of benzene rings is 2. The standard InChI is InChI=1S/C23H25NO4/c1-16(28-22(25)14-13-17-7-5-10-19(15-17)27-2)23(26)24-21-12-6-9-18-8-3-4-11-20(18)21/h3-5,7-8,10-11,13-16,21H,6,9,12H2,1-2H3,(H,24,26)/b14-13+/t16-,21-/m1/s1. The topological polar surface area (TPSA) is 64.6 Å². The van der Waals surface area contributed by atoms with Gasteiger partial charge in [0.1, 0.15) is 5.75 Å². The number of hydrogen-bond acceptors (Lipinski definition) is 4. The number of aryl methyl sites for hydroxylation is 1. The third kappa shape index (κ3) is 5.00. The SMILES string of the molecule is COc1cccc(/C=C/C(=O)O[C@H](C)C(=O)N[C@@H]2CCCc3ccccc32)c1. The number of esters is 1. The smallest absolute Gasteiger partial charge is 0.331 e. The van der Waals surface area contributed by atoms with Crippen LogP contribution in [0.5, 0.6) is 5.75 Å². The molecule has 0 spiro atoms. The van der Waals surface area contributed by atoms with Gasteiger partial charge in [0.2, 0.25) is 0 Å². The van der Waals surface area contributed by atoms with Crippen LogP contribution in [-0.4, -0.2) is 25.1 Å². The summed E-state index contributed by atoms with van der Waals surface area (Å²) in [6, 6.07) is 15.4. The van der Waals surface area contributed by atoms with Crippen LogP contribution in [0, 0.1) is 0 Å². The van der Waals surface area contributed by atoms with Crippen LogP contribution >= 0.6 is 0 Å². The van der Waals surface area contributed by atoms with Crippen LogP contribution in [0.25, 0.3) is 6.08 Å². The highest BCUT2D eigenvalue weighted by Gasteiger charge is 2.24. The predicted molar refractivity (Wildman–Crippen MR) is 108 cm³/mol. The van der Waals surface area contributed by atoms with Crippen LogP contribution in [0.15, 0.2) is 54.6 Å². The third-order valence-corrected chi connectivity index (χ3v) is 4.85. The number of carbonyl (C=O) groups excluding carboxylic acids is 2. The summed E-state index contributed by atoms with van der Waals surface area (Å²) in [5, 5.41) is 3.01. The zero-order valence-corrected chi connectivity index (χ0v) is 16.2. The van der Waals surface area contributed by atoms with Crippen molar-refractivity contribution < 1.29 is 19.1 Å². The predicted octanol–water partition coefficient (Wildman–Crippen LogP) is 3.83. The Morgan fingerprint density at radius 1 is 1.18 bits per heavy atom. The first-order chi connectivity index (χ1) is 13.6. The Kier molecular flexibility index (Phi) is 6.48. The summed E-state index contributed by atoms with van der Waals surface area (Å²) >= 11 is 0. The Labute approximate surface area is 165 Å². The molecule has 0 aromatic heterocycles. The van der Waals surface area contributed by atoms with Gasteiger partial charge in [0.15, 0.2) is 6.10 Å². The van der Waals surface area contributed by atoms with Gasteiger partial charge in [0, 0.05) is 6.08 Å². The van der Waals surface area contributed by atoms with E-state index in [1.165, 1.54) is 11.6 Å². The first-order valence-electron chi connectivity index (χ1n) is 9.48. The minimum absolute atomic E-state index is 0.0362. The normalized spacial score (nSPS) is 16.9. The summed E-state index contributed by atoms with van der Waals surface area (Å²) < 4.78 is 10.4. The average molecular weight is 379 g/mol. The zero-order chi connectivity index (χ0) is 19.9. The van der Waals surface area contributed by atoms with E-state index in [4.69, 9.17) is 9.47 Å². The maximum Gasteiger partial charge on any atom is 0.331 e. The van der Waals surface area contributed by atoms with Gasteiger partial charge >= 0.3 is 5.97 Å². The highest BCUT2D eigenvalue weighted by Crippen LogP contribution is 2.29. The summed E-state index contributed by atoms with van der Waals surface area (Å²) in [5.41, 5.74) is 3.23. The van der Waals surface area contributed by atoms with E-state index in [0.29, 0.717) is 5.75 Å². The molecule has 2 atom stereocenters. The van der Waals surface area contributed by atoms with Crippen LogP contribution in [0.4, 0.5) is 0 Å². The van der Waals surface area contributed by atoms with E-state index in [0.717, 1.165) is 30.4 Å². The molecular weight excluding hydrogens is 354 g/mol. The first kappa shape index (κ1) is 19.7. The molecule has 2 aromatic rings. The molecule has 0 radical (unpaired) electrons. The molecule has 0 unspecified atom stereocenters. The molecule has 28 heavy (non-hydrogen) atoms. The molecule has 1 N–H and O–H groups in total. The molecular formula is C23H25NO4. The average Bonchev–Trinajstić information content (AvgIpc) is 2.72. The first-order valence-corrected chi connectivity index (χ1v) is 9.48. The van der Waals surface area contributed by atoms with E-state index in [2.05, 4.69) is 11.4 Å². The summed E-state index contributed by atoms with van der Waals surface area (Å²) in [7, 11) is 1.59. The number of rotatable bonds is 6. The Morgan fingerprint density at radius 3 is 2.82 bits per heavy atom. The third-order valence-electron chi connectivity index (χ3n) is 4.85. The van der Waals surface area contributed by atoms with Gasteiger partial charge in [-0.1, -0.05) is 36.4 Å². The highest BCUT2D eigenvalue weighted by molar-refractivity contribution is 5.90. The van der Waals surface area contributed by atoms with Gasteiger partial charge in [-0.2, -0.15) is 0 Å². The number of methoxy groups -OCH3 is 1. The second-order valence-electron chi connectivity index (χ2n) is 6.84. The number of nitrogens with one attached hydrogen (secondary N) is 1. The number of amides is 1. The molecule has 1 aliphatic carbocycles. The van der Waals surface area contributed by atoms with Crippen molar-refractivity contribution in [2.24, 2.45) is 0 Å². The molecule has 0 saturated carbocycles. The summed E-state index contributed by atoms with van der Waals surface area (Å²) in [4.78, 5) is 24.5. The van der Waals surface area contributed by atoms with Gasteiger partial charge in [-0.25, -0.2) is 4.79 Å². The molecule has 0 fully saturated rings. The van der Waals surface area contributed by atoms with Gasteiger partial charge in [-0.15, -0.1) is 0 Å². The Hall–Kier alpha value is -3.08. The quantitative estimate of drug-likeness (QED) is 0.612. The molecule has 1 amide bonds. The molecule has 2 aromatic carbocycles. The fraction of sp³-hybridized carbons (Fsp3) is 0.304. The van der Waals surface area contributed by atoms with Crippen molar-refractivity contribution in [3.63, 3.8) is 0 Å². The van der Waals surface area contributed by atoms with Gasteiger partial charge in [-0.3, -0.25) is 4.79 Å². The van der Waals surface area contributed by atoms with E-state index in [-0.39, 0.29) is 11.9 Å². The maximum absolute atomic E-state index is 12.5. The van der Waals surface area contributed by atoms with Crippen molar-refractivity contribution in [3.05, 3.63) is 71.3 Å². The molecule has 146 valence electrons. The van der Waals surface area contributed by atoms with E-state index in [1.807, 2.05) is 36.4 Å². The van der Waals surface area contributed by atoms with Crippen molar-refractivity contribution in [1.29, 1.82) is 0 Å². The van der Waals surface area contributed by atoms with Crippen LogP contribution in [0.3, 0.4) is 0 Å². The molecule has 0 heterocycles. The maximum atomic E-state index is 12.5. The lowest BCUT2D eigenvalue weighted by molar-refractivity contribution is -0.150.